The average Bonchev–Trinajstić information content (AvgIpc) is 2.67. The molecule has 0 aromatic carbocycles. The van der Waals surface area contributed by atoms with Crippen molar-refractivity contribution in [1.82, 2.24) is 19.7 Å². The lowest BCUT2D eigenvalue weighted by Crippen LogP contribution is -2.13. The van der Waals surface area contributed by atoms with Crippen LogP contribution in [0.15, 0.2) is 11.3 Å². The number of aromatic amines is 1. The Labute approximate surface area is 86.3 Å². The molecule has 2 N–H and O–H groups in total. The fourth-order valence-corrected chi connectivity index (χ4v) is 1.40. The highest BCUT2D eigenvalue weighted by molar-refractivity contribution is 5.68. The van der Waals surface area contributed by atoms with Crippen LogP contribution in [0.4, 0.5) is 0 Å². The van der Waals surface area contributed by atoms with Crippen LogP contribution in [0.25, 0.3) is 11.2 Å². The molecule has 80 valence electrons. The molecule has 6 heteroatoms. The predicted octanol–water partition coefficient (Wildman–Crippen LogP) is 0.480. The third kappa shape index (κ3) is 1.58. The second-order valence-corrected chi connectivity index (χ2v) is 3.12. The van der Waals surface area contributed by atoms with E-state index in [1.807, 2.05) is 13.8 Å². The van der Waals surface area contributed by atoms with E-state index in [1.165, 1.54) is 6.33 Å². The first-order valence-electron chi connectivity index (χ1n) is 4.92. The van der Waals surface area contributed by atoms with E-state index in [-0.39, 0.29) is 0 Å². The molecular weight excluding hydrogens is 194 g/mol. The average molecular weight is 207 g/mol. The maximum Gasteiger partial charge on any atom is 0.199 e. The zero-order valence-electron chi connectivity index (χ0n) is 8.73. The molecule has 6 nitrogen and oxygen atoms in total. The quantitative estimate of drug-likeness (QED) is 0.703. The van der Waals surface area contributed by atoms with E-state index in [9.17, 15) is 5.21 Å². The van der Waals surface area contributed by atoms with Gasteiger partial charge in [0, 0.05) is 13.0 Å². The maximum atomic E-state index is 9.50. The molecule has 0 atom stereocenters. The van der Waals surface area contributed by atoms with Crippen LogP contribution in [-0.4, -0.2) is 31.4 Å². The number of hydrogen-bond donors (Lipinski definition) is 2. The molecule has 0 unspecified atom stereocenters. The van der Waals surface area contributed by atoms with E-state index in [1.54, 1.807) is 0 Å². The van der Waals surface area contributed by atoms with Crippen molar-refractivity contribution in [3.8, 4) is 0 Å². The fraction of sp³-hybridized carbons (Fsp3) is 0.444. The first-order valence-corrected chi connectivity index (χ1v) is 4.92. The normalized spacial score (nSPS) is 12.5. The van der Waals surface area contributed by atoms with Crippen molar-refractivity contribution in [3.05, 3.63) is 17.6 Å². The monoisotopic (exact) mass is 207 g/mol. The lowest BCUT2D eigenvalue weighted by molar-refractivity contribution is 0.192. The van der Waals surface area contributed by atoms with E-state index in [0.29, 0.717) is 23.2 Å². The van der Waals surface area contributed by atoms with Crippen molar-refractivity contribution in [2.45, 2.75) is 20.3 Å². The minimum Gasteiger partial charge on any atom is -0.425 e. The molecule has 2 aromatic rings. The summed E-state index contributed by atoms with van der Waals surface area (Å²) in [5, 5.41) is 9.50. The summed E-state index contributed by atoms with van der Waals surface area (Å²) in [5.41, 5.74) is 1.73. The minimum atomic E-state index is 0.467. The fourth-order valence-electron chi connectivity index (χ4n) is 1.40. The van der Waals surface area contributed by atoms with Gasteiger partial charge < -0.3 is 10.2 Å². The smallest absolute Gasteiger partial charge is 0.199 e. The molecule has 0 amide bonds. The molecule has 0 saturated carbocycles. The highest BCUT2D eigenvalue weighted by Crippen LogP contribution is 2.04. The SMILES string of the molecule is CCN=c1ncn(O)c2nc(CC)[nH]c12. The van der Waals surface area contributed by atoms with E-state index in [2.05, 4.69) is 19.9 Å². The van der Waals surface area contributed by atoms with Gasteiger partial charge in [0.25, 0.3) is 0 Å². The van der Waals surface area contributed by atoms with Crippen molar-refractivity contribution in [3.63, 3.8) is 0 Å². The molecule has 0 spiro atoms. The summed E-state index contributed by atoms with van der Waals surface area (Å²) in [6, 6.07) is 0. The maximum absolute atomic E-state index is 9.50. The van der Waals surface area contributed by atoms with Gasteiger partial charge in [-0.3, -0.25) is 4.99 Å². The minimum absolute atomic E-state index is 0.467. The summed E-state index contributed by atoms with van der Waals surface area (Å²) in [4.78, 5) is 15.6. The highest BCUT2D eigenvalue weighted by Gasteiger charge is 2.07. The molecule has 2 rings (SSSR count). The Hall–Kier alpha value is -1.85. The summed E-state index contributed by atoms with van der Waals surface area (Å²) in [6.07, 6.45) is 2.08. The lowest BCUT2D eigenvalue weighted by Gasteiger charge is -1.95. The Balaban J connectivity index is 2.80. The van der Waals surface area contributed by atoms with Gasteiger partial charge in [0.1, 0.15) is 17.7 Å². The van der Waals surface area contributed by atoms with Crippen LogP contribution < -0.4 is 5.49 Å². The first-order chi connectivity index (χ1) is 7.26. The Morgan fingerprint density at radius 2 is 2.33 bits per heavy atom. The number of nitrogens with one attached hydrogen (secondary N) is 1. The van der Waals surface area contributed by atoms with Crippen LogP contribution in [0, 0.1) is 0 Å². The molecule has 0 aliphatic rings. The molecule has 0 bridgehead atoms. The number of aryl methyl sites for hydroxylation is 1. The number of imidazole rings is 1. The van der Waals surface area contributed by atoms with Gasteiger partial charge in [0.2, 0.25) is 0 Å². The summed E-state index contributed by atoms with van der Waals surface area (Å²) in [6.45, 7) is 4.58. The zero-order chi connectivity index (χ0) is 10.8. The van der Waals surface area contributed by atoms with E-state index in [0.717, 1.165) is 17.0 Å². The third-order valence-corrected chi connectivity index (χ3v) is 2.11. The van der Waals surface area contributed by atoms with Gasteiger partial charge in [-0.15, -0.1) is 0 Å². The van der Waals surface area contributed by atoms with Crippen molar-refractivity contribution >= 4 is 11.2 Å². The first kappa shape index (κ1) is 9.70. The summed E-state index contributed by atoms with van der Waals surface area (Å²) < 4.78 is 0.902. The molecule has 2 aromatic heterocycles. The molecule has 0 aliphatic carbocycles. The summed E-state index contributed by atoms with van der Waals surface area (Å²) in [5.74, 6) is 0.813. The number of fused-ring (bicyclic) bond motifs is 1. The van der Waals surface area contributed by atoms with Gasteiger partial charge >= 0.3 is 0 Å². The van der Waals surface area contributed by atoms with Crippen LogP contribution in [0.1, 0.15) is 19.7 Å². The Bertz CT molecular complexity index is 539. The molecule has 0 fully saturated rings. The van der Waals surface area contributed by atoms with Crippen LogP contribution in [0.2, 0.25) is 0 Å². The van der Waals surface area contributed by atoms with Gasteiger partial charge in [-0.2, -0.15) is 4.73 Å². The van der Waals surface area contributed by atoms with Gasteiger partial charge in [-0.05, 0) is 6.92 Å². The van der Waals surface area contributed by atoms with Crippen LogP contribution >= 0.6 is 0 Å². The van der Waals surface area contributed by atoms with E-state index >= 15 is 0 Å². The molecule has 2 heterocycles. The van der Waals surface area contributed by atoms with Crippen molar-refractivity contribution in [1.29, 1.82) is 0 Å². The van der Waals surface area contributed by atoms with Crippen molar-refractivity contribution in [2.75, 3.05) is 6.54 Å². The van der Waals surface area contributed by atoms with E-state index in [4.69, 9.17) is 0 Å². The number of H-pyrrole nitrogens is 1. The standard InChI is InChI=1S/C9H13N5O/c1-3-6-12-7-8(10-4-2)11-5-14(15)9(7)13-6/h5,15H,3-4H2,1-2H3,(H,12,13). The molecule has 0 radical (unpaired) electrons. The number of nitrogens with zero attached hydrogens (tertiary/aromatic N) is 4. The van der Waals surface area contributed by atoms with Crippen molar-refractivity contribution < 1.29 is 5.21 Å². The number of hydrogen-bond acceptors (Lipinski definition) is 4. The summed E-state index contributed by atoms with van der Waals surface area (Å²) in [7, 11) is 0. The lowest BCUT2D eigenvalue weighted by atomic mass is 10.5. The molecular formula is C9H13N5O. The Morgan fingerprint density at radius 1 is 1.53 bits per heavy atom. The molecule has 0 saturated heterocycles. The molecule has 15 heavy (non-hydrogen) atoms. The van der Waals surface area contributed by atoms with Crippen LogP contribution in [0.3, 0.4) is 0 Å². The number of rotatable bonds is 2. The van der Waals surface area contributed by atoms with E-state index < -0.39 is 0 Å². The largest absolute Gasteiger partial charge is 0.425 e. The topological polar surface area (TPSA) is 79.1 Å². The highest BCUT2D eigenvalue weighted by atomic mass is 16.5. The van der Waals surface area contributed by atoms with Crippen LogP contribution in [-0.2, 0) is 6.42 Å². The summed E-state index contributed by atoms with van der Waals surface area (Å²) >= 11 is 0. The third-order valence-electron chi connectivity index (χ3n) is 2.11. The second kappa shape index (κ2) is 3.72. The molecule has 0 aliphatic heterocycles. The van der Waals surface area contributed by atoms with Gasteiger partial charge in [-0.1, -0.05) is 6.92 Å². The zero-order valence-corrected chi connectivity index (χ0v) is 8.73. The second-order valence-electron chi connectivity index (χ2n) is 3.12. The van der Waals surface area contributed by atoms with Crippen LogP contribution in [0.5, 0.6) is 0 Å². The number of aromatic nitrogens is 4. The Morgan fingerprint density at radius 3 is 3.00 bits per heavy atom. The van der Waals surface area contributed by atoms with Gasteiger partial charge in [-0.25, -0.2) is 9.97 Å². The van der Waals surface area contributed by atoms with Gasteiger partial charge in [0.05, 0.1) is 0 Å². The van der Waals surface area contributed by atoms with Crippen molar-refractivity contribution in [2.24, 2.45) is 4.99 Å². The van der Waals surface area contributed by atoms with Gasteiger partial charge in [0.15, 0.2) is 11.1 Å². The predicted molar refractivity (Wildman–Crippen MR) is 54.5 cm³/mol. The Kier molecular flexibility index (Phi) is 2.40.